The number of imide groups is 1. The summed E-state index contributed by atoms with van der Waals surface area (Å²) in [6, 6.07) is 4.19. The number of hydrogen-bond donors (Lipinski definition) is 1. The van der Waals surface area contributed by atoms with Crippen LogP contribution < -0.4 is 10.1 Å². The molecule has 1 aromatic rings. The highest BCUT2D eigenvalue weighted by Crippen LogP contribution is 2.35. The fraction of sp³-hybridized carbons (Fsp3) is 0.636. The Hall–Kier alpha value is -2.16. The second-order valence-corrected chi connectivity index (χ2v) is 10.9. The maximum absolute atomic E-state index is 14.1. The molecule has 1 N–H and O–H groups in total. The first-order valence-electron chi connectivity index (χ1n) is 10.9. The van der Waals surface area contributed by atoms with Gasteiger partial charge in [-0.25, -0.2) is 17.6 Å². The Kier molecular flexibility index (Phi) is 7.56. The van der Waals surface area contributed by atoms with Crippen molar-refractivity contribution in [1.82, 2.24) is 10.2 Å². The minimum atomic E-state index is -3.28. The second kappa shape index (κ2) is 9.97. The molecule has 9 heteroatoms. The summed E-state index contributed by atoms with van der Waals surface area (Å²) in [6.07, 6.45) is 3.94. The van der Waals surface area contributed by atoms with Crippen LogP contribution in [0.1, 0.15) is 57.4 Å². The fourth-order valence-electron chi connectivity index (χ4n) is 3.80. The summed E-state index contributed by atoms with van der Waals surface area (Å²) in [5.41, 5.74) is 0.743. The summed E-state index contributed by atoms with van der Waals surface area (Å²) < 4.78 is 44.9. The average Bonchev–Trinajstić information content (AvgIpc) is 3.48. The molecule has 1 aliphatic carbocycles. The summed E-state index contributed by atoms with van der Waals surface area (Å²) >= 11 is 0. The zero-order valence-electron chi connectivity index (χ0n) is 18.1. The number of carbonyl (C=O) groups is 2. The van der Waals surface area contributed by atoms with Gasteiger partial charge in [0, 0.05) is 6.54 Å². The van der Waals surface area contributed by atoms with Crippen molar-refractivity contribution >= 4 is 21.8 Å². The maximum atomic E-state index is 14.1. The number of unbranched alkanes of at least 4 members (excludes halogenated alkanes) is 2. The van der Waals surface area contributed by atoms with E-state index in [1.54, 1.807) is 12.1 Å². The van der Waals surface area contributed by atoms with Crippen LogP contribution in [-0.4, -0.2) is 56.0 Å². The topological polar surface area (TPSA) is 92.8 Å². The van der Waals surface area contributed by atoms with E-state index in [9.17, 15) is 22.4 Å². The predicted molar refractivity (Wildman–Crippen MR) is 115 cm³/mol. The Bertz CT molecular complexity index is 916. The molecule has 1 saturated heterocycles. The Balaban J connectivity index is 1.44. The standard InChI is InChI=1S/C22H31FN2O5S/c1-15(18-8-9-19(23)20(12-18)30-16(2)17-6-7-17)14-31(28,29)11-5-3-4-10-25-13-21(26)24-22(25)27/h8-9,12,15-17H,3-7,10-11,13-14H2,1-2H3,(H,24,26,27)/t15-,16-/m0/s1. The molecule has 1 heterocycles. The molecule has 0 unspecified atom stereocenters. The van der Waals surface area contributed by atoms with Gasteiger partial charge in [-0.2, -0.15) is 0 Å². The average molecular weight is 455 g/mol. The number of nitrogens with one attached hydrogen (secondary N) is 1. The van der Waals surface area contributed by atoms with Gasteiger partial charge in [-0.15, -0.1) is 0 Å². The van der Waals surface area contributed by atoms with Crippen LogP contribution in [-0.2, 0) is 14.6 Å². The number of rotatable bonds is 12. The summed E-state index contributed by atoms with van der Waals surface area (Å²) in [5.74, 6) is -0.307. The van der Waals surface area contributed by atoms with Crippen LogP contribution in [0, 0.1) is 11.7 Å². The molecule has 2 fully saturated rings. The fourth-order valence-corrected chi connectivity index (χ4v) is 5.57. The number of ether oxygens (including phenoxy) is 1. The van der Waals surface area contributed by atoms with E-state index in [1.807, 2.05) is 13.8 Å². The van der Waals surface area contributed by atoms with E-state index in [-0.39, 0.29) is 47.8 Å². The van der Waals surface area contributed by atoms with Gasteiger partial charge in [-0.1, -0.05) is 19.4 Å². The largest absolute Gasteiger partial charge is 0.487 e. The first-order chi connectivity index (χ1) is 14.6. The number of carbonyl (C=O) groups excluding carboxylic acids is 2. The lowest BCUT2D eigenvalue weighted by atomic mass is 10.0. The normalized spacial score (nSPS) is 18.7. The van der Waals surface area contributed by atoms with E-state index in [0.29, 0.717) is 31.7 Å². The minimum Gasteiger partial charge on any atom is -0.487 e. The lowest BCUT2D eigenvalue weighted by molar-refractivity contribution is -0.118. The lowest BCUT2D eigenvalue weighted by Gasteiger charge is -2.18. The third kappa shape index (κ3) is 6.92. The van der Waals surface area contributed by atoms with Crippen molar-refractivity contribution < 1.29 is 27.1 Å². The van der Waals surface area contributed by atoms with Gasteiger partial charge in [-0.05, 0) is 62.1 Å². The number of amides is 3. The molecule has 3 rings (SSSR count). The van der Waals surface area contributed by atoms with Gasteiger partial charge < -0.3 is 9.64 Å². The molecule has 0 bridgehead atoms. The van der Waals surface area contributed by atoms with Gasteiger partial charge in [0.25, 0.3) is 0 Å². The molecule has 31 heavy (non-hydrogen) atoms. The highest BCUT2D eigenvalue weighted by Gasteiger charge is 2.30. The summed E-state index contributed by atoms with van der Waals surface area (Å²) in [7, 11) is -3.28. The third-order valence-electron chi connectivity index (χ3n) is 5.88. The maximum Gasteiger partial charge on any atom is 0.324 e. The Morgan fingerprint density at radius 3 is 2.58 bits per heavy atom. The molecule has 0 spiro atoms. The van der Waals surface area contributed by atoms with Crippen LogP contribution >= 0.6 is 0 Å². The van der Waals surface area contributed by atoms with E-state index >= 15 is 0 Å². The van der Waals surface area contributed by atoms with Gasteiger partial charge in [0.15, 0.2) is 21.4 Å². The van der Waals surface area contributed by atoms with Crippen LogP contribution in [0.3, 0.4) is 0 Å². The van der Waals surface area contributed by atoms with E-state index in [0.717, 1.165) is 18.4 Å². The highest BCUT2D eigenvalue weighted by atomic mass is 32.2. The summed E-state index contributed by atoms with van der Waals surface area (Å²) in [4.78, 5) is 24.0. The van der Waals surface area contributed by atoms with Crippen LogP contribution in [0.4, 0.5) is 9.18 Å². The number of halogens is 1. The lowest BCUT2D eigenvalue weighted by Crippen LogP contribution is -2.29. The molecule has 1 aliphatic heterocycles. The van der Waals surface area contributed by atoms with Crippen LogP contribution in [0.25, 0.3) is 0 Å². The van der Waals surface area contributed by atoms with Crippen molar-refractivity contribution in [2.75, 3.05) is 24.6 Å². The van der Waals surface area contributed by atoms with E-state index in [2.05, 4.69) is 5.32 Å². The molecular weight excluding hydrogens is 423 g/mol. The quantitative estimate of drug-likeness (QED) is 0.387. The summed E-state index contributed by atoms with van der Waals surface area (Å²) in [6.45, 7) is 4.26. The van der Waals surface area contributed by atoms with Gasteiger partial charge in [-0.3, -0.25) is 10.1 Å². The third-order valence-corrected chi connectivity index (χ3v) is 7.80. The van der Waals surface area contributed by atoms with Crippen molar-refractivity contribution in [2.24, 2.45) is 5.92 Å². The number of benzene rings is 1. The summed E-state index contributed by atoms with van der Waals surface area (Å²) in [5, 5.41) is 2.22. The number of nitrogens with zero attached hydrogens (tertiary/aromatic N) is 1. The van der Waals surface area contributed by atoms with Gasteiger partial charge in [0.1, 0.15) is 6.54 Å². The van der Waals surface area contributed by atoms with E-state index < -0.39 is 15.7 Å². The Labute approximate surface area is 183 Å². The van der Waals surface area contributed by atoms with Crippen molar-refractivity contribution in [1.29, 1.82) is 0 Å². The molecule has 172 valence electrons. The number of urea groups is 1. The minimum absolute atomic E-state index is 0.0146. The van der Waals surface area contributed by atoms with Crippen molar-refractivity contribution in [2.45, 2.75) is 58.0 Å². The molecular formula is C22H31FN2O5S. The van der Waals surface area contributed by atoms with Gasteiger partial charge in [0.05, 0.1) is 17.6 Å². The molecule has 3 amide bonds. The van der Waals surface area contributed by atoms with Crippen LogP contribution in [0.15, 0.2) is 18.2 Å². The SMILES string of the molecule is C[C@H](Oc1cc([C@@H](C)CS(=O)(=O)CCCCCN2CC(=O)NC2=O)ccc1F)C1CC1. The van der Waals surface area contributed by atoms with Crippen molar-refractivity contribution in [3.05, 3.63) is 29.6 Å². The molecule has 1 aromatic carbocycles. The highest BCUT2D eigenvalue weighted by molar-refractivity contribution is 7.91. The zero-order chi connectivity index (χ0) is 22.6. The Morgan fingerprint density at radius 2 is 1.94 bits per heavy atom. The first kappa shape index (κ1) is 23.5. The monoisotopic (exact) mass is 454 g/mol. The van der Waals surface area contributed by atoms with Gasteiger partial charge in [0.2, 0.25) is 5.91 Å². The van der Waals surface area contributed by atoms with Crippen LogP contribution in [0.2, 0.25) is 0 Å². The van der Waals surface area contributed by atoms with Crippen molar-refractivity contribution in [3.63, 3.8) is 0 Å². The second-order valence-electron chi connectivity index (χ2n) is 8.70. The predicted octanol–water partition coefficient (Wildman–Crippen LogP) is 3.24. The molecule has 2 aliphatic rings. The van der Waals surface area contributed by atoms with E-state index in [1.165, 1.54) is 11.0 Å². The number of sulfone groups is 1. The smallest absolute Gasteiger partial charge is 0.324 e. The molecule has 7 nitrogen and oxygen atoms in total. The molecule has 1 saturated carbocycles. The zero-order valence-corrected chi connectivity index (χ0v) is 18.9. The molecule has 2 atom stereocenters. The number of hydrogen-bond acceptors (Lipinski definition) is 5. The van der Waals surface area contributed by atoms with E-state index in [4.69, 9.17) is 4.74 Å². The van der Waals surface area contributed by atoms with Crippen molar-refractivity contribution in [3.8, 4) is 5.75 Å². The van der Waals surface area contributed by atoms with Crippen LogP contribution in [0.5, 0.6) is 5.75 Å². The first-order valence-corrected chi connectivity index (χ1v) is 12.7. The molecule has 0 aromatic heterocycles. The Morgan fingerprint density at radius 1 is 1.19 bits per heavy atom. The molecule has 0 radical (unpaired) electrons. The van der Waals surface area contributed by atoms with Gasteiger partial charge >= 0.3 is 6.03 Å².